The van der Waals surface area contributed by atoms with Crippen molar-refractivity contribution in [3.05, 3.63) is 41.3 Å². The predicted molar refractivity (Wildman–Crippen MR) is 57.6 cm³/mol. The normalized spacial score (nSPS) is 10.9. The monoisotopic (exact) mass is 206 g/mol. The van der Waals surface area contributed by atoms with Crippen molar-refractivity contribution < 1.29 is 9.18 Å². The summed E-state index contributed by atoms with van der Waals surface area (Å²) >= 11 is 0. The fourth-order valence-corrected chi connectivity index (χ4v) is 1.23. The maximum Gasteiger partial charge on any atom is 0.150 e. The molecule has 0 aliphatic rings. The van der Waals surface area contributed by atoms with Crippen LogP contribution in [0.2, 0.25) is 0 Å². The van der Waals surface area contributed by atoms with Crippen LogP contribution in [-0.2, 0) is 0 Å². The fraction of sp³-hybridized carbons (Fsp3) is 0.0909. The van der Waals surface area contributed by atoms with Crippen LogP contribution in [-0.4, -0.2) is 19.5 Å². The van der Waals surface area contributed by atoms with Gasteiger partial charge < -0.3 is 10.7 Å². The number of hydrogen-bond acceptors (Lipinski definition) is 3. The van der Waals surface area contributed by atoms with Crippen molar-refractivity contribution in [2.45, 2.75) is 0 Å². The smallest absolute Gasteiger partial charge is 0.150 e. The van der Waals surface area contributed by atoms with E-state index >= 15 is 0 Å². The number of carbonyl (C=O) groups excluding carboxylic acids is 1. The highest BCUT2D eigenvalue weighted by Gasteiger charge is 2.06. The van der Waals surface area contributed by atoms with Gasteiger partial charge in [-0.2, -0.15) is 0 Å². The Kier molecular flexibility index (Phi) is 3.74. The van der Waals surface area contributed by atoms with Gasteiger partial charge in [-0.15, -0.1) is 0 Å². The summed E-state index contributed by atoms with van der Waals surface area (Å²) in [6, 6.07) is 3.84. The highest BCUT2D eigenvalue weighted by atomic mass is 19.1. The van der Waals surface area contributed by atoms with Crippen molar-refractivity contribution in [1.29, 1.82) is 5.41 Å². The van der Waals surface area contributed by atoms with E-state index in [0.717, 1.165) is 6.21 Å². The highest BCUT2D eigenvalue weighted by molar-refractivity contribution is 6.10. The number of carbonyl (C=O) groups is 1. The van der Waals surface area contributed by atoms with Crippen molar-refractivity contribution >= 4 is 18.1 Å². The lowest BCUT2D eigenvalue weighted by molar-refractivity contribution is 0.112. The molecule has 0 spiro atoms. The second-order valence-electron chi connectivity index (χ2n) is 2.88. The Labute approximate surface area is 87.1 Å². The second-order valence-corrected chi connectivity index (χ2v) is 2.88. The van der Waals surface area contributed by atoms with E-state index in [1.54, 1.807) is 7.05 Å². The van der Waals surface area contributed by atoms with Crippen LogP contribution >= 0.6 is 0 Å². The molecule has 1 aromatic rings. The van der Waals surface area contributed by atoms with E-state index in [1.165, 1.54) is 24.4 Å². The Morgan fingerprint density at radius 1 is 1.53 bits per heavy atom. The Morgan fingerprint density at radius 2 is 2.27 bits per heavy atom. The van der Waals surface area contributed by atoms with Gasteiger partial charge in [0.1, 0.15) is 5.82 Å². The summed E-state index contributed by atoms with van der Waals surface area (Å²) in [5.41, 5.74) is 1.23. The summed E-state index contributed by atoms with van der Waals surface area (Å²) < 4.78 is 13.0. The minimum Gasteiger partial charge on any atom is -0.393 e. The van der Waals surface area contributed by atoms with Gasteiger partial charge >= 0.3 is 0 Å². The van der Waals surface area contributed by atoms with Gasteiger partial charge in [-0.1, -0.05) is 0 Å². The van der Waals surface area contributed by atoms with Crippen molar-refractivity contribution in [2.24, 2.45) is 0 Å². The summed E-state index contributed by atoms with van der Waals surface area (Å²) in [6.07, 6.45) is 3.24. The third kappa shape index (κ3) is 2.49. The summed E-state index contributed by atoms with van der Waals surface area (Å²) in [5, 5.41) is 9.91. The van der Waals surface area contributed by atoms with Gasteiger partial charge in [-0.05, 0) is 23.8 Å². The first-order chi connectivity index (χ1) is 7.22. The molecule has 0 saturated heterocycles. The largest absolute Gasteiger partial charge is 0.393 e. The van der Waals surface area contributed by atoms with Crippen molar-refractivity contribution in [3.8, 4) is 0 Å². The number of benzene rings is 1. The summed E-state index contributed by atoms with van der Waals surface area (Å²) in [6.45, 7) is 0. The molecule has 4 heteroatoms. The van der Waals surface area contributed by atoms with E-state index in [4.69, 9.17) is 5.41 Å². The van der Waals surface area contributed by atoms with E-state index in [-0.39, 0.29) is 0 Å². The standard InChI is InChI=1S/C11H11FN2O/c1-14-6-9(5-13)11-4-10(12)3-2-8(11)7-15/h2-7,13-14H,1H3/b9-6+,13-5?. The summed E-state index contributed by atoms with van der Waals surface area (Å²) in [7, 11) is 1.67. The van der Waals surface area contributed by atoms with Gasteiger partial charge in [0.25, 0.3) is 0 Å². The average molecular weight is 206 g/mol. The van der Waals surface area contributed by atoms with Gasteiger partial charge in [-0.25, -0.2) is 4.39 Å². The average Bonchev–Trinajstić information content (AvgIpc) is 2.26. The first kappa shape index (κ1) is 11.1. The lowest BCUT2D eigenvalue weighted by Gasteiger charge is -2.05. The molecular weight excluding hydrogens is 195 g/mol. The first-order valence-electron chi connectivity index (χ1n) is 4.36. The molecule has 1 rings (SSSR count). The number of aldehydes is 1. The number of halogens is 1. The predicted octanol–water partition coefficient (Wildman–Crippen LogP) is 1.85. The number of allylic oxidation sites excluding steroid dienone is 1. The zero-order valence-corrected chi connectivity index (χ0v) is 8.25. The van der Waals surface area contributed by atoms with Crippen LogP contribution in [0.15, 0.2) is 24.4 Å². The zero-order chi connectivity index (χ0) is 11.3. The fourth-order valence-electron chi connectivity index (χ4n) is 1.23. The van der Waals surface area contributed by atoms with Crippen LogP contribution in [0, 0.1) is 11.2 Å². The van der Waals surface area contributed by atoms with Gasteiger partial charge in [-0.3, -0.25) is 4.79 Å². The molecule has 0 aliphatic heterocycles. The number of nitrogens with one attached hydrogen (secondary N) is 2. The van der Waals surface area contributed by atoms with E-state index < -0.39 is 5.82 Å². The lowest BCUT2D eigenvalue weighted by Crippen LogP contribution is -2.00. The highest BCUT2D eigenvalue weighted by Crippen LogP contribution is 2.17. The molecule has 2 N–H and O–H groups in total. The Balaban J connectivity index is 3.32. The van der Waals surface area contributed by atoms with E-state index in [9.17, 15) is 9.18 Å². The summed E-state index contributed by atoms with van der Waals surface area (Å²) in [5.74, 6) is -0.431. The van der Waals surface area contributed by atoms with E-state index in [1.807, 2.05) is 0 Å². The van der Waals surface area contributed by atoms with Crippen LogP contribution in [0.4, 0.5) is 4.39 Å². The molecule has 0 radical (unpaired) electrons. The molecule has 0 heterocycles. The third-order valence-corrected chi connectivity index (χ3v) is 1.91. The van der Waals surface area contributed by atoms with Gasteiger partial charge in [0.15, 0.2) is 6.29 Å². The Bertz CT molecular complexity index is 413. The van der Waals surface area contributed by atoms with Gasteiger partial charge in [0, 0.05) is 30.6 Å². The Morgan fingerprint density at radius 3 is 2.80 bits per heavy atom. The molecular formula is C11H11FN2O. The molecule has 0 aliphatic carbocycles. The van der Waals surface area contributed by atoms with Crippen LogP contribution in [0.3, 0.4) is 0 Å². The molecule has 0 unspecified atom stereocenters. The molecule has 15 heavy (non-hydrogen) atoms. The zero-order valence-electron chi connectivity index (χ0n) is 8.25. The summed E-state index contributed by atoms with van der Waals surface area (Å²) in [4.78, 5) is 10.7. The van der Waals surface area contributed by atoms with Crippen molar-refractivity contribution in [1.82, 2.24) is 5.32 Å². The lowest BCUT2D eigenvalue weighted by atomic mass is 10.0. The first-order valence-corrected chi connectivity index (χ1v) is 4.36. The van der Waals surface area contributed by atoms with Crippen molar-refractivity contribution in [2.75, 3.05) is 7.05 Å². The van der Waals surface area contributed by atoms with Crippen molar-refractivity contribution in [3.63, 3.8) is 0 Å². The molecule has 1 aromatic carbocycles. The van der Waals surface area contributed by atoms with E-state index in [2.05, 4.69) is 5.32 Å². The molecule has 0 saturated carbocycles. The van der Waals surface area contributed by atoms with Crippen LogP contribution in [0.5, 0.6) is 0 Å². The van der Waals surface area contributed by atoms with Gasteiger partial charge in [0.05, 0.1) is 0 Å². The molecule has 3 nitrogen and oxygen atoms in total. The molecule has 0 bridgehead atoms. The second kappa shape index (κ2) is 5.05. The maximum atomic E-state index is 13.0. The van der Waals surface area contributed by atoms with Crippen LogP contribution < -0.4 is 5.32 Å². The Hall–Kier alpha value is -1.97. The molecule has 0 atom stereocenters. The molecule has 0 amide bonds. The maximum absolute atomic E-state index is 13.0. The molecule has 0 aromatic heterocycles. The SMILES string of the molecule is CN/C=C(\C=N)c1cc(F)ccc1C=O. The number of rotatable bonds is 4. The minimum absolute atomic E-state index is 0.362. The molecule has 78 valence electrons. The topological polar surface area (TPSA) is 53.0 Å². The van der Waals surface area contributed by atoms with E-state index in [0.29, 0.717) is 23.0 Å². The van der Waals surface area contributed by atoms with Crippen LogP contribution in [0.25, 0.3) is 5.57 Å². The minimum atomic E-state index is -0.431. The number of hydrogen-bond donors (Lipinski definition) is 2. The van der Waals surface area contributed by atoms with Gasteiger partial charge in [0.2, 0.25) is 0 Å². The quantitative estimate of drug-likeness (QED) is 0.583. The van der Waals surface area contributed by atoms with Crippen LogP contribution in [0.1, 0.15) is 15.9 Å². The third-order valence-electron chi connectivity index (χ3n) is 1.91. The molecule has 0 fully saturated rings.